The maximum Gasteiger partial charge on any atom is 0.187 e. The highest BCUT2D eigenvalue weighted by Crippen LogP contribution is 2.56. The lowest BCUT2D eigenvalue weighted by atomic mass is 9.68. The Kier molecular flexibility index (Phi) is 8.61. The summed E-state index contributed by atoms with van der Waals surface area (Å²) >= 11 is 0. The van der Waals surface area contributed by atoms with Crippen LogP contribution in [0.3, 0.4) is 0 Å². The number of aliphatic hydroxyl groups excluding tert-OH is 4. The zero-order valence-electron chi connectivity index (χ0n) is 23.0. The van der Waals surface area contributed by atoms with Gasteiger partial charge >= 0.3 is 0 Å². The minimum atomic E-state index is -1.50. The number of aliphatic hydroxyl groups is 5. The summed E-state index contributed by atoms with van der Waals surface area (Å²) in [7, 11) is 3.05. The molecule has 212 valence electrons. The predicted octanol–water partition coefficient (Wildman–Crippen LogP) is 1.30. The van der Waals surface area contributed by atoms with E-state index in [-0.39, 0.29) is 31.0 Å². The fourth-order valence-electron chi connectivity index (χ4n) is 7.16. The van der Waals surface area contributed by atoms with E-state index in [4.69, 9.17) is 18.9 Å². The average Bonchev–Trinajstić information content (AvgIpc) is 3.34. The number of ether oxygens (including phenoxy) is 4. The number of fused-ring (bicyclic) bond motifs is 2. The first-order chi connectivity index (χ1) is 17.4. The molecule has 0 bridgehead atoms. The van der Waals surface area contributed by atoms with Gasteiger partial charge in [-0.1, -0.05) is 39.3 Å². The molecule has 11 unspecified atom stereocenters. The topological polar surface area (TPSA) is 138 Å². The van der Waals surface area contributed by atoms with Crippen molar-refractivity contribution < 1.29 is 44.5 Å². The Hall–Kier alpha value is -0.880. The third kappa shape index (κ3) is 5.08. The lowest BCUT2D eigenvalue weighted by Crippen LogP contribution is -2.61. The van der Waals surface area contributed by atoms with Crippen molar-refractivity contribution >= 4 is 0 Å². The molecule has 4 aliphatic rings. The second-order valence-corrected chi connectivity index (χ2v) is 12.1. The Balaban J connectivity index is 1.79. The highest BCUT2D eigenvalue weighted by molar-refractivity contribution is 5.42. The van der Waals surface area contributed by atoms with Crippen LogP contribution in [0.4, 0.5) is 0 Å². The molecule has 0 aromatic heterocycles. The lowest BCUT2D eigenvalue weighted by Gasteiger charge is -2.46. The molecular formula is C28H46O9. The highest BCUT2D eigenvalue weighted by atomic mass is 16.7. The lowest BCUT2D eigenvalue weighted by molar-refractivity contribution is -0.316. The number of hydrogen-bond acceptors (Lipinski definition) is 9. The van der Waals surface area contributed by atoms with Gasteiger partial charge in [0.15, 0.2) is 6.29 Å². The van der Waals surface area contributed by atoms with Crippen molar-refractivity contribution in [2.24, 2.45) is 23.2 Å². The molecule has 3 aliphatic carbocycles. The summed E-state index contributed by atoms with van der Waals surface area (Å²) < 4.78 is 22.9. The second kappa shape index (κ2) is 10.9. The molecule has 4 rings (SSSR count). The predicted molar refractivity (Wildman–Crippen MR) is 135 cm³/mol. The summed E-state index contributed by atoms with van der Waals surface area (Å²) in [4.78, 5) is 0. The first kappa shape index (κ1) is 29.1. The maximum absolute atomic E-state index is 11.9. The number of rotatable bonds is 7. The molecule has 0 aromatic carbocycles. The van der Waals surface area contributed by atoms with Crippen LogP contribution in [0.2, 0.25) is 0 Å². The van der Waals surface area contributed by atoms with E-state index in [2.05, 4.69) is 26.8 Å². The molecule has 1 heterocycles. The van der Waals surface area contributed by atoms with Crippen molar-refractivity contribution in [1.29, 1.82) is 0 Å². The van der Waals surface area contributed by atoms with Gasteiger partial charge in [-0.3, -0.25) is 0 Å². The van der Waals surface area contributed by atoms with E-state index >= 15 is 0 Å². The first-order valence-corrected chi connectivity index (χ1v) is 13.6. The summed E-state index contributed by atoms with van der Waals surface area (Å²) in [6, 6.07) is 0. The molecule has 2 fully saturated rings. The molecule has 9 heteroatoms. The van der Waals surface area contributed by atoms with Gasteiger partial charge in [0.2, 0.25) is 0 Å². The van der Waals surface area contributed by atoms with Gasteiger partial charge in [0.1, 0.15) is 36.1 Å². The van der Waals surface area contributed by atoms with Gasteiger partial charge in [0.05, 0.1) is 19.3 Å². The molecule has 1 saturated heterocycles. The van der Waals surface area contributed by atoms with Gasteiger partial charge < -0.3 is 44.5 Å². The normalized spacial score (nSPS) is 46.5. The third-order valence-electron chi connectivity index (χ3n) is 9.28. The van der Waals surface area contributed by atoms with Crippen LogP contribution in [0.25, 0.3) is 0 Å². The summed E-state index contributed by atoms with van der Waals surface area (Å²) in [5.74, 6) is -0.126. The smallest absolute Gasteiger partial charge is 0.187 e. The molecule has 5 N–H and O–H groups in total. The van der Waals surface area contributed by atoms with Gasteiger partial charge in [-0.15, -0.1) is 0 Å². The van der Waals surface area contributed by atoms with Crippen molar-refractivity contribution in [3.05, 3.63) is 22.8 Å². The van der Waals surface area contributed by atoms with E-state index in [9.17, 15) is 25.5 Å². The fraction of sp³-hybridized carbons (Fsp3) is 0.857. The summed E-state index contributed by atoms with van der Waals surface area (Å²) in [5.41, 5.74) is 1.48. The van der Waals surface area contributed by atoms with E-state index in [1.807, 2.05) is 6.92 Å². The SMILES string of the molecule is COCC1OC(OC2C3=C(C(C)C)CCC3(C)C=C3C(CCC3(O)COC)C(C)C2O)C(O)C(O)C1O. The monoisotopic (exact) mass is 526 g/mol. The van der Waals surface area contributed by atoms with Crippen molar-refractivity contribution in [2.45, 2.75) is 102 Å². The number of methoxy groups -OCH3 is 2. The van der Waals surface area contributed by atoms with E-state index in [1.165, 1.54) is 12.7 Å². The van der Waals surface area contributed by atoms with Crippen LogP contribution in [0.5, 0.6) is 0 Å². The molecule has 0 aromatic rings. The van der Waals surface area contributed by atoms with Gasteiger partial charge in [0, 0.05) is 19.6 Å². The van der Waals surface area contributed by atoms with Gasteiger partial charge in [-0.25, -0.2) is 0 Å². The Bertz CT molecular complexity index is 887. The van der Waals surface area contributed by atoms with Crippen molar-refractivity contribution in [1.82, 2.24) is 0 Å². The van der Waals surface area contributed by atoms with Crippen molar-refractivity contribution in [3.63, 3.8) is 0 Å². The van der Waals surface area contributed by atoms with Crippen molar-refractivity contribution in [2.75, 3.05) is 27.4 Å². The van der Waals surface area contributed by atoms with Crippen LogP contribution in [0.1, 0.15) is 53.4 Å². The molecule has 11 atom stereocenters. The molecule has 0 radical (unpaired) electrons. The van der Waals surface area contributed by atoms with E-state index < -0.39 is 53.9 Å². The fourth-order valence-corrected chi connectivity index (χ4v) is 7.16. The molecule has 1 saturated carbocycles. The Morgan fingerprint density at radius 3 is 2.35 bits per heavy atom. The molecular weight excluding hydrogens is 480 g/mol. The van der Waals surface area contributed by atoms with Crippen LogP contribution in [0.15, 0.2) is 22.8 Å². The zero-order valence-corrected chi connectivity index (χ0v) is 23.0. The van der Waals surface area contributed by atoms with E-state index in [0.29, 0.717) is 12.8 Å². The summed E-state index contributed by atoms with van der Waals surface area (Å²) in [5, 5.41) is 55.2. The summed E-state index contributed by atoms with van der Waals surface area (Å²) in [6.45, 7) is 8.54. The zero-order chi connectivity index (χ0) is 27.3. The molecule has 0 spiro atoms. The van der Waals surface area contributed by atoms with Crippen LogP contribution >= 0.6 is 0 Å². The average molecular weight is 527 g/mol. The quantitative estimate of drug-likeness (QED) is 0.311. The maximum atomic E-state index is 11.9. The van der Waals surface area contributed by atoms with Gasteiger partial charge in [-0.05, 0) is 54.6 Å². The molecule has 37 heavy (non-hydrogen) atoms. The van der Waals surface area contributed by atoms with Crippen LogP contribution in [0, 0.1) is 23.2 Å². The highest BCUT2D eigenvalue weighted by Gasteiger charge is 2.55. The molecule has 0 amide bonds. The molecule has 9 nitrogen and oxygen atoms in total. The number of hydrogen-bond donors (Lipinski definition) is 5. The number of allylic oxidation sites excluding steroid dienone is 2. The van der Waals surface area contributed by atoms with E-state index in [0.717, 1.165) is 24.0 Å². The van der Waals surface area contributed by atoms with E-state index in [1.54, 1.807) is 7.11 Å². The first-order valence-electron chi connectivity index (χ1n) is 13.6. The van der Waals surface area contributed by atoms with Crippen molar-refractivity contribution in [3.8, 4) is 0 Å². The standard InChI is InChI=1S/C28H46O9/c1-14(2)16-7-9-27(4)11-18-17(8-10-28(18,33)13-35-6)15(3)21(29)25(20(16)27)37-26-24(32)23(31)22(30)19(36-26)12-34-5/h11,14-15,17,19,21-26,29-33H,7-10,12-13H2,1-6H3. The van der Waals surface area contributed by atoms with Gasteiger partial charge in [-0.2, -0.15) is 0 Å². The minimum absolute atomic E-state index is 0.0122. The Morgan fingerprint density at radius 2 is 1.73 bits per heavy atom. The second-order valence-electron chi connectivity index (χ2n) is 12.1. The Morgan fingerprint density at radius 1 is 1.03 bits per heavy atom. The minimum Gasteiger partial charge on any atom is -0.390 e. The molecule has 1 aliphatic heterocycles. The van der Waals surface area contributed by atoms with Crippen LogP contribution in [-0.2, 0) is 18.9 Å². The van der Waals surface area contributed by atoms with Crippen LogP contribution in [-0.4, -0.2) is 101 Å². The van der Waals surface area contributed by atoms with Crippen LogP contribution < -0.4 is 0 Å². The van der Waals surface area contributed by atoms with Gasteiger partial charge in [0.25, 0.3) is 0 Å². The third-order valence-corrected chi connectivity index (χ3v) is 9.28. The Labute approximate surface area is 220 Å². The summed E-state index contributed by atoms with van der Waals surface area (Å²) in [6.07, 6.45) is -3.16. The largest absolute Gasteiger partial charge is 0.390 e.